The van der Waals surface area contributed by atoms with Crippen LogP contribution in [0.4, 0.5) is 0 Å². The number of rotatable bonds is 13. The molecular weight excluding hydrogens is 611 g/mol. The zero-order valence-electron chi connectivity index (χ0n) is 28.0. The van der Waals surface area contributed by atoms with E-state index >= 15 is 0 Å². The second-order valence-electron chi connectivity index (χ2n) is 12.8. The lowest BCUT2D eigenvalue weighted by Gasteiger charge is -2.21. The second kappa shape index (κ2) is 15.2. The zero-order chi connectivity index (χ0) is 33.6. The van der Waals surface area contributed by atoms with Gasteiger partial charge in [-0.15, -0.1) is 0 Å². The van der Waals surface area contributed by atoms with Crippen molar-refractivity contribution in [1.29, 1.82) is 0 Å². The van der Waals surface area contributed by atoms with Gasteiger partial charge in [0.25, 0.3) is 21.8 Å². The van der Waals surface area contributed by atoms with Crippen molar-refractivity contribution in [3.8, 4) is 5.75 Å². The molecule has 1 aromatic heterocycles. The van der Waals surface area contributed by atoms with Crippen LogP contribution in [0.1, 0.15) is 96.2 Å². The number of hydrogen-bond acceptors (Lipinski definition) is 5. The van der Waals surface area contributed by atoms with Gasteiger partial charge in [-0.2, -0.15) is 0 Å². The summed E-state index contributed by atoms with van der Waals surface area (Å²) < 4.78 is 36.0. The molecule has 3 aromatic carbocycles. The molecule has 9 heteroatoms. The summed E-state index contributed by atoms with van der Waals surface area (Å²) >= 11 is 0. The SMILES string of the molecule is CCC(CC)CNC(=O)c1ccc2c(CC3CCCCC3)cn(Cc3ccc(C(=O)NS(=O)(=O)c4ccccc4C)cc3OC)c2c1. The summed E-state index contributed by atoms with van der Waals surface area (Å²) in [5, 5.41) is 4.27. The van der Waals surface area contributed by atoms with Crippen molar-refractivity contribution in [3.63, 3.8) is 0 Å². The van der Waals surface area contributed by atoms with Crippen LogP contribution in [0, 0.1) is 18.8 Å². The number of benzene rings is 3. The van der Waals surface area contributed by atoms with Crippen LogP contribution in [0.15, 0.2) is 71.8 Å². The van der Waals surface area contributed by atoms with Crippen molar-refractivity contribution in [1.82, 2.24) is 14.6 Å². The fourth-order valence-electron chi connectivity index (χ4n) is 6.72. The molecule has 4 aromatic rings. The molecule has 2 amide bonds. The third-order valence-electron chi connectivity index (χ3n) is 9.67. The summed E-state index contributed by atoms with van der Waals surface area (Å²) in [6.07, 6.45) is 11.6. The Balaban J connectivity index is 1.43. The third kappa shape index (κ3) is 8.07. The number of sulfonamides is 1. The maximum Gasteiger partial charge on any atom is 0.265 e. The van der Waals surface area contributed by atoms with Crippen LogP contribution in [0.5, 0.6) is 5.75 Å². The van der Waals surface area contributed by atoms with E-state index in [1.807, 2.05) is 12.1 Å². The van der Waals surface area contributed by atoms with E-state index in [1.165, 1.54) is 50.8 Å². The maximum atomic E-state index is 13.2. The molecule has 1 fully saturated rings. The lowest BCUT2D eigenvalue weighted by Crippen LogP contribution is -2.31. The number of aromatic nitrogens is 1. The quantitative estimate of drug-likeness (QED) is 0.156. The highest BCUT2D eigenvalue weighted by atomic mass is 32.2. The summed E-state index contributed by atoms with van der Waals surface area (Å²) in [7, 11) is -2.51. The molecule has 0 radical (unpaired) electrons. The topological polar surface area (TPSA) is 107 Å². The molecule has 1 aliphatic carbocycles. The van der Waals surface area contributed by atoms with E-state index in [1.54, 1.807) is 43.3 Å². The number of ether oxygens (including phenoxy) is 1. The molecule has 0 spiro atoms. The minimum Gasteiger partial charge on any atom is -0.496 e. The first kappa shape index (κ1) is 34.2. The summed E-state index contributed by atoms with van der Waals surface area (Å²) in [5.74, 6) is 0.765. The first-order valence-electron chi connectivity index (χ1n) is 16.8. The lowest BCUT2D eigenvalue weighted by molar-refractivity contribution is 0.0944. The van der Waals surface area contributed by atoms with E-state index < -0.39 is 15.9 Å². The highest BCUT2D eigenvalue weighted by molar-refractivity contribution is 7.90. The number of carbonyl (C=O) groups excluding carboxylic acids is 2. The molecule has 47 heavy (non-hydrogen) atoms. The predicted molar refractivity (Wildman–Crippen MR) is 187 cm³/mol. The minimum absolute atomic E-state index is 0.0593. The molecule has 1 heterocycles. The number of carbonyl (C=O) groups is 2. The Hall–Kier alpha value is -4.11. The number of aryl methyl sites for hydroxylation is 1. The van der Waals surface area contributed by atoms with Crippen LogP contribution >= 0.6 is 0 Å². The molecule has 0 unspecified atom stereocenters. The van der Waals surface area contributed by atoms with Crippen molar-refractivity contribution in [2.75, 3.05) is 13.7 Å². The van der Waals surface area contributed by atoms with Gasteiger partial charge in [0, 0.05) is 40.3 Å². The summed E-state index contributed by atoms with van der Waals surface area (Å²) in [4.78, 5) is 26.4. The van der Waals surface area contributed by atoms with Gasteiger partial charge >= 0.3 is 0 Å². The second-order valence-corrected chi connectivity index (χ2v) is 14.5. The number of nitrogens with one attached hydrogen (secondary N) is 2. The van der Waals surface area contributed by atoms with Crippen LogP contribution in [0.25, 0.3) is 10.9 Å². The smallest absolute Gasteiger partial charge is 0.265 e. The molecule has 0 bridgehead atoms. The zero-order valence-corrected chi connectivity index (χ0v) is 28.8. The highest BCUT2D eigenvalue weighted by Gasteiger charge is 2.23. The molecule has 8 nitrogen and oxygen atoms in total. The van der Waals surface area contributed by atoms with Gasteiger partial charge in [-0.3, -0.25) is 9.59 Å². The Morgan fingerprint density at radius 3 is 2.32 bits per heavy atom. The van der Waals surface area contributed by atoms with Crippen LogP contribution in [-0.2, 0) is 23.0 Å². The van der Waals surface area contributed by atoms with Crippen molar-refractivity contribution < 1.29 is 22.7 Å². The van der Waals surface area contributed by atoms with E-state index in [9.17, 15) is 18.0 Å². The normalized spacial score (nSPS) is 14.0. The molecule has 1 aliphatic rings. The van der Waals surface area contributed by atoms with Crippen LogP contribution in [0.3, 0.4) is 0 Å². The summed E-state index contributed by atoms with van der Waals surface area (Å²) in [6.45, 7) is 7.08. The van der Waals surface area contributed by atoms with Gasteiger partial charge in [0.15, 0.2) is 0 Å². The molecule has 0 atom stereocenters. The Bertz CT molecular complexity index is 1840. The average molecular weight is 658 g/mol. The Morgan fingerprint density at radius 2 is 1.62 bits per heavy atom. The number of hydrogen-bond donors (Lipinski definition) is 2. The molecule has 0 saturated heterocycles. The number of amides is 2. The van der Waals surface area contributed by atoms with Gasteiger partial charge in [0.2, 0.25) is 0 Å². The maximum absolute atomic E-state index is 13.2. The van der Waals surface area contributed by atoms with Gasteiger partial charge in [0.05, 0.1) is 18.6 Å². The summed E-state index contributed by atoms with van der Waals surface area (Å²) in [5.41, 5.74) is 4.42. The molecular formula is C38H47N3O5S. The number of fused-ring (bicyclic) bond motifs is 1. The standard InChI is InChI=1S/C38H47N3O5S/c1-5-27(6-2)23-39-37(42)29-18-19-33-32(20-28-13-8-7-9-14-28)25-41(34(33)21-29)24-31-17-16-30(22-35(31)46-4)38(43)40-47(44,45)36-15-11-10-12-26(36)3/h10-12,15-19,21-22,25,27-28H,5-9,13-14,20,23-24H2,1-4H3,(H,39,42)(H,40,43). The van der Waals surface area contributed by atoms with E-state index in [-0.39, 0.29) is 16.4 Å². The monoisotopic (exact) mass is 657 g/mol. The van der Waals surface area contributed by atoms with Gasteiger partial charge < -0.3 is 14.6 Å². The van der Waals surface area contributed by atoms with E-state index in [4.69, 9.17) is 4.74 Å². The van der Waals surface area contributed by atoms with Gasteiger partial charge in [-0.05, 0) is 66.6 Å². The highest BCUT2D eigenvalue weighted by Crippen LogP contribution is 2.32. The van der Waals surface area contributed by atoms with E-state index in [0.29, 0.717) is 41.8 Å². The molecule has 250 valence electrons. The largest absolute Gasteiger partial charge is 0.496 e. The first-order chi connectivity index (χ1) is 22.6. The molecule has 2 N–H and O–H groups in total. The van der Waals surface area contributed by atoms with Crippen LogP contribution in [-0.4, -0.2) is 38.5 Å². The third-order valence-corrected chi connectivity index (χ3v) is 11.2. The lowest BCUT2D eigenvalue weighted by atomic mass is 9.85. The minimum atomic E-state index is -4.05. The Morgan fingerprint density at radius 1 is 0.915 bits per heavy atom. The average Bonchev–Trinajstić information content (AvgIpc) is 3.41. The van der Waals surface area contributed by atoms with Crippen molar-refractivity contribution in [2.24, 2.45) is 11.8 Å². The Labute approximate surface area is 279 Å². The predicted octanol–water partition coefficient (Wildman–Crippen LogP) is 7.41. The van der Waals surface area contributed by atoms with E-state index in [2.05, 4.69) is 40.7 Å². The number of methoxy groups -OCH3 is 1. The van der Waals surface area contributed by atoms with Crippen LogP contribution in [0.2, 0.25) is 0 Å². The first-order valence-corrected chi connectivity index (χ1v) is 18.3. The molecule has 0 aliphatic heterocycles. The van der Waals surface area contributed by atoms with Gasteiger partial charge in [0.1, 0.15) is 5.75 Å². The van der Waals surface area contributed by atoms with Gasteiger partial charge in [-0.25, -0.2) is 13.1 Å². The number of nitrogens with zero attached hydrogens (tertiary/aromatic N) is 1. The van der Waals surface area contributed by atoms with Crippen molar-refractivity contribution in [2.45, 2.75) is 83.6 Å². The fraction of sp³-hybridized carbons (Fsp3) is 0.421. The van der Waals surface area contributed by atoms with Crippen LogP contribution < -0.4 is 14.8 Å². The fourth-order valence-corrected chi connectivity index (χ4v) is 7.94. The van der Waals surface area contributed by atoms with Crippen molar-refractivity contribution in [3.05, 3.63) is 94.7 Å². The summed E-state index contributed by atoms with van der Waals surface area (Å²) in [6, 6.07) is 17.5. The van der Waals surface area contributed by atoms with Crippen molar-refractivity contribution >= 4 is 32.7 Å². The molecule has 1 saturated carbocycles. The van der Waals surface area contributed by atoms with E-state index in [0.717, 1.165) is 35.7 Å². The Kier molecular flexibility index (Phi) is 11.1. The molecule has 5 rings (SSSR count). The van der Waals surface area contributed by atoms with Gasteiger partial charge in [-0.1, -0.05) is 89.1 Å².